The fourth-order valence-corrected chi connectivity index (χ4v) is 6.02. The molecule has 4 aliphatic carbocycles. The summed E-state index contributed by atoms with van der Waals surface area (Å²) in [4.78, 5) is 14.9. The normalized spacial score (nSPS) is 44.2. The van der Waals surface area contributed by atoms with Gasteiger partial charge in [0, 0.05) is 11.6 Å². The van der Waals surface area contributed by atoms with Crippen molar-refractivity contribution in [3.8, 4) is 0 Å². The molecule has 0 radical (unpaired) electrons. The summed E-state index contributed by atoms with van der Waals surface area (Å²) in [7, 11) is 0. The van der Waals surface area contributed by atoms with E-state index in [2.05, 4.69) is 24.1 Å². The van der Waals surface area contributed by atoms with Gasteiger partial charge in [-0.25, -0.2) is 0 Å². The molecule has 0 atom stereocenters. The van der Waals surface area contributed by atoms with Crippen molar-refractivity contribution in [2.24, 2.45) is 23.7 Å². The topological polar surface area (TPSA) is 32.3 Å². The third-order valence-electron chi connectivity index (χ3n) is 6.96. The number of carbonyl (C=O) groups excluding carboxylic acids is 1. The van der Waals surface area contributed by atoms with Crippen LogP contribution in [0.5, 0.6) is 0 Å². The van der Waals surface area contributed by atoms with E-state index in [1.165, 1.54) is 44.9 Å². The summed E-state index contributed by atoms with van der Waals surface area (Å²) < 4.78 is 0. The lowest BCUT2D eigenvalue weighted by Crippen LogP contribution is -2.57. The van der Waals surface area contributed by atoms with Gasteiger partial charge in [0.2, 0.25) is 5.91 Å². The molecule has 5 aliphatic rings. The summed E-state index contributed by atoms with van der Waals surface area (Å²) in [5.74, 6) is 3.83. The summed E-state index contributed by atoms with van der Waals surface area (Å²) in [5, 5.41) is 3.45. The monoisotopic (exact) mass is 290 g/mol. The molecule has 118 valence electrons. The van der Waals surface area contributed by atoms with Crippen molar-refractivity contribution in [1.29, 1.82) is 0 Å². The Morgan fingerprint density at radius 1 is 1.10 bits per heavy atom. The molecular formula is C18H30N2O. The van der Waals surface area contributed by atoms with E-state index in [9.17, 15) is 4.79 Å². The molecule has 5 fully saturated rings. The van der Waals surface area contributed by atoms with Gasteiger partial charge in [-0.1, -0.05) is 0 Å². The summed E-state index contributed by atoms with van der Waals surface area (Å²) in [6, 6.07) is 0.496. The van der Waals surface area contributed by atoms with Gasteiger partial charge in [-0.3, -0.25) is 9.69 Å². The molecule has 0 aromatic carbocycles. The number of hydrogen-bond acceptors (Lipinski definition) is 2. The van der Waals surface area contributed by atoms with Crippen LogP contribution in [0.3, 0.4) is 0 Å². The highest BCUT2D eigenvalue weighted by molar-refractivity contribution is 5.78. The first-order valence-corrected chi connectivity index (χ1v) is 9.06. The Morgan fingerprint density at radius 2 is 1.71 bits per heavy atom. The molecule has 4 bridgehead atoms. The fourth-order valence-electron chi connectivity index (χ4n) is 6.02. The number of carbonyl (C=O) groups is 1. The van der Waals surface area contributed by atoms with Gasteiger partial charge in [-0.15, -0.1) is 0 Å². The number of nitrogens with zero attached hydrogens (tertiary/aromatic N) is 1. The molecule has 0 spiro atoms. The van der Waals surface area contributed by atoms with E-state index in [0.29, 0.717) is 12.6 Å². The number of hydrogen-bond donors (Lipinski definition) is 1. The van der Waals surface area contributed by atoms with E-state index in [0.717, 1.165) is 30.2 Å². The Labute approximate surface area is 128 Å². The Bertz CT molecular complexity index is 403. The minimum atomic E-state index is 0.210. The third-order valence-corrected chi connectivity index (χ3v) is 6.96. The van der Waals surface area contributed by atoms with E-state index in [1.54, 1.807) is 0 Å². The first-order chi connectivity index (χ1) is 10.0. The lowest BCUT2D eigenvalue weighted by Gasteiger charge is -2.54. The maximum Gasteiger partial charge on any atom is 0.234 e. The summed E-state index contributed by atoms with van der Waals surface area (Å²) >= 11 is 0. The third kappa shape index (κ3) is 2.52. The van der Waals surface area contributed by atoms with Gasteiger partial charge in [-0.05, 0) is 89.0 Å². The standard InChI is InChI=1S/C18H30N2O/c1-18(2)4-3-5-20(18)11-16(21)19-17-14-7-12-6-13(9-14)10-15(17)8-12/h12-15,17H,3-11H2,1-2H3,(H,19,21). The predicted octanol–water partition coefficient (Wildman–Crippen LogP) is 2.80. The van der Waals surface area contributed by atoms with Crippen molar-refractivity contribution in [1.82, 2.24) is 10.2 Å². The fraction of sp³-hybridized carbons (Fsp3) is 0.944. The van der Waals surface area contributed by atoms with Crippen molar-refractivity contribution in [2.75, 3.05) is 13.1 Å². The van der Waals surface area contributed by atoms with Crippen LogP contribution in [-0.2, 0) is 4.79 Å². The minimum absolute atomic E-state index is 0.210. The van der Waals surface area contributed by atoms with Crippen LogP contribution in [0.1, 0.15) is 58.8 Å². The van der Waals surface area contributed by atoms with Crippen LogP contribution < -0.4 is 5.32 Å². The molecule has 4 saturated carbocycles. The van der Waals surface area contributed by atoms with Crippen LogP contribution in [0.25, 0.3) is 0 Å². The van der Waals surface area contributed by atoms with Gasteiger partial charge in [0.15, 0.2) is 0 Å². The summed E-state index contributed by atoms with van der Waals surface area (Å²) in [5.41, 5.74) is 0.210. The van der Waals surface area contributed by atoms with Crippen molar-refractivity contribution >= 4 is 5.91 Å². The molecule has 0 unspecified atom stereocenters. The molecule has 21 heavy (non-hydrogen) atoms. The average Bonchev–Trinajstić information content (AvgIpc) is 2.72. The Morgan fingerprint density at radius 3 is 2.24 bits per heavy atom. The minimum Gasteiger partial charge on any atom is -0.352 e. The van der Waals surface area contributed by atoms with Gasteiger partial charge in [0.05, 0.1) is 6.54 Å². The molecule has 0 aromatic rings. The van der Waals surface area contributed by atoms with E-state index in [4.69, 9.17) is 0 Å². The molecule has 3 nitrogen and oxygen atoms in total. The zero-order valence-electron chi connectivity index (χ0n) is 13.6. The summed E-state index contributed by atoms with van der Waals surface area (Å²) in [6.07, 6.45) is 9.47. The molecule has 1 heterocycles. The van der Waals surface area contributed by atoms with Crippen LogP contribution in [0.2, 0.25) is 0 Å². The zero-order chi connectivity index (χ0) is 14.6. The van der Waals surface area contributed by atoms with Gasteiger partial charge in [-0.2, -0.15) is 0 Å². The highest BCUT2D eigenvalue weighted by atomic mass is 16.2. The number of rotatable bonds is 3. The molecule has 1 aliphatic heterocycles. The van der Waals surface area contributed by atoms with E-state index in [1.807, 2.05) is 0 Å². The molecule has 0 aromatic heterocycles. The van der Waals surface area contributed by atoms with Gasteiger partial charge < -0.3 is 5.32 Å². The van der Waals surface area contributed by atoms with Crippen molar-refractivity contribution in [3.05, 3.63) is 0 Å². The lowest BCUT2D eigenvalue weighted by atomic mass is 9.54. The highest BCUT2D eigenvalue weighted by Crippen LogP contribution is 2.53. The second kappa shape index (κ2) is 4.97. The molecule has 3 heteroatoms. The van der Waals surface area contributed by atoms with Crippen molar-refractivity contribution in [3.63, 3.8) is 0 Å². The van der Waals surface area contributed by atoms with Crippen LogP contribution >= 0.6 is 0 Å². The van der Waals surface area contributed by atoms with E-state index in [-0.39, 0.29) is 11.4 Å². The predicted molar refractivity (Wildman–Crippen MR) is 83.9 cm³/mol. The maximum absolute atomic E-state index is 12.5. The molecule has 5 rings (SSSR count). The van der Waals surface area contributed by atoms with Crippen LogP contribution in [0.4, 0.5) is 0 Å². The van der Waals surface area contributed by atoms with Crippen molar-refractivity contribution < 1.29 is 4.79 Å². The van der Waals surface area contributed by atoms with Gasteiger partial charge in [0.1, 0.15) is 0 Å². The van der Waals surface area contributed by atoms with Crippen LogP contribution in [0, 0.1) is 23.7 Å². The van der Waals surface area contributed by atoms with E-state index >= 15 is 0 Å². The second-order valence-corrected chi connectivity index (χ2v) is 8.86. The average molecular weight is 290 g/mol. The lowest BCUT2D eigenvalue weighted by molar-refractivity contribution is -0.127. The second-order valence-electron chi connectivity index (χ2n) is 8.86. The number of nitrogens with one attached hydrogen (secondary N) is 1. The molecule has 1 N–H and O–H groups in total. The number of likely N-dealkylation sites (tertiary alicyclic amines) is 1. The largest absolute Gasteiger partial charge is 0.352 e. The molecular weight excluding hydrogens is 260 g/mol. The first-order valence-electron chi connectivity index (χ1n) is 9.06. The smallest absolute Gasteiger partial charge is 0.234 e. The first kappa shape index (κ1) is 14.0. The zero-order valence-corrected chi connectivity index (χ0v) is 13.6. The van der Waals surface area contributed by atoms with Gasteiger partial charge >= 0.3 is 0 Å². The van der Waals surface area contributed by atoms with Crippen molar-refractivity contribution in [2.45, 2.75) is 70.4 Å². The molecule has 1 amide bonds. The quantitative estimate of drug-likeness (QED) is 0.867. The Kier molecular flexibility index (Phi) is 3.33. The Hall–Kier alpha value is -0.570. The molecule has 1 saturated heterocycles. The van der Waals surface area contributed by atoms with Gasteiger partial charge in [0.25, 0.3) is 0 Å². The maximum atomic E-state index is 12.5. The van der Waals surface area contributed by atoms with Crippen LogP contribution in [0.15, 0.2) is 0 Å². The number of amides is 1. The Balaban J connectivity index is 1.37. The SMILES string of the molecule is CC1(C)CCCN1CC(=O)NC1C2CC3CC(C2)CC1C3. The highest BCUT2D eigenvalue weighted by Gasteiger charge is 2.48. The summed E-state index contributed by atoms with van der Waals surface area (Å²) in [6.45, 7) is 6.24. The van der Waals surface area contributed by atoms with Crippen LogP contribution in [-0.4, -0.2) is 35.5 Å². The van der Waals surface area contributed by atoms with E-state index < -0.39 is 0 Å².